The lowest BCUT2D eigenvalue weighted by Crippen LogP contribution is -2.47. The number of nitrogens with one attached hydrogen (secondary N) is 1. The minimum absolute atomic E-state index is 0.0312. The highest BCUT2D eigenvalue weighted by atomic mass is 35.5. The molecule has 1 aliphatic carbocycles. The number of halogens is 1. The summed E-state index contributed by atoms with van der Waals surface area (Å²) in [5.74, 6) is 0.409. The predicted molar refractivity (Wildman–Crippen MR) is 124 cm³/mol. The minimum atomic E-state index is -0.449. The third kappa shape index (κ3) is 3.55. The van der Waals surface area contributed by atoms with Crippen LogP contribution in [0.3, 0.4) is 0 Å². The SMILES string of the molecule is CN1CCN(C(=O)c2cccc3c2NC(c2ccc(Cl)c([N+](=O)[O-])c2)C2CC=CC32)CC1. The van der Waals surface area contributed by atoms with E-state index in [0.717, 1.165) is 36.3 Å². The van der Waals surface area contributed by atoms with Crippen LogP contribution in [0.1, 0.15) is 39.9 Å². The standard InChI is InChI=1S/C24H25ClN4O3/c1-27-10-12-28(13-11-27)24(30)19-7-3-6-18-16-4-2-5-17(16)22(26-23(18)19)15-8-9-20(25)21(14-15)29(31)32/h2-4,6-9,14,16-17,22,26H,5,10-13H2,1H3. The van der Waals surface area contributed by atoms with Crippen molar-refractivity contribution < 1.29 is 9.72 Å². The lowest BCUT2D eigenvalue weighted by molar-refractivity contribution is -0.384. The number of nitro groups is 1. The van der Waals surface area contributed by atoms with Crippen molar-refractivity contribution in [2.75, 3.05) is 38.5 Å². The summed E-state index contributed by atoms with van der Waals surface area (Å²) in [6.07, 6.45) is 5.24. The number of carbonyl (C=O) groups is 1. The molecular formula is C24H25ClN4O3. The summed E-state index contributed by atoms with van der Waals surface area (Å²) in [7, 11) is 2.07. The van der Waals surface area contributed by atoms with Crippen LogP contribution in [0.5, 0.6) is 0 Å². The summed E-state index contributed by atoms with van der Waals surface area (Å²) in [5.41, 5.74) is 3.34. The fourth-order valence-corrected chi connectivity index (χ4v) is 5.36. The number of hydrogen-bond acceptors (Lipinski definition) is 5. The van der Waals surface area contributed by atoms with Gasteiger partial charge in [0.25, 0.3) is 11.6 Å². The second-order valence-corrected chi connectivity index (χ2v) is 9.22. The van der Waals surface area contributed by atoms with Crippen LogP contribution >= 0.6 is 11.6 Å². The van der Waals surface area contributed by atoms with Gasteiger partial charge in [0.15, 0.2) is 0 Å². The number of rotatable bonds is 3. The van der Waals surface area contributed by atoms with E-state index in [9.17, 15) is 14.9 Å². The first-order chi connectivity index (χ1) is 15.4. The first kappa shape index (κ1) is 21.0. The van der Waals surface area contributed by atoms with E-state index in [2.05, 4.69) is 35.5 Å². The maximum Gasteiger partial charge on any atom is 0.288 e. The smallest absolute Gasteiger partial charge is 0.288 e. The van der Waals surface area contributed by atoms with Gasteiger partial charge in [-0.1, -0.05) is 42.0 Å². The first-order valence-electron chi connectivity index (χ1n) is 10.9. The molecule has 3 unspecified atom stereocenters. The number of hydrogen-bond donors (Lipinski definition) is 1. The number of nitrogens with zero attached hydrogens (tertiary/aromatic N) is 3. The van der Waals surface area contributed by atoms with Crippen LogP contribution in [0, 0.1) is 16.0 Å². The molecule has 2 aromatic carbocycles. The van der Waals surface area contributed by atoms with Crippen LogP contribution in [0.25, 0.3) is 0 Å². The molecule has 0 saturated carbocycles. The van der Waals surface area contributed by atoms with E-state index >= 15 is 0 Å². The number of benzene rings is 2. The highest BCUT2D eigenvalue weighted by Gasteiger charge is 2.40. The number of carbonyl (C=O) groups excluding carboxylic acids is 1. The van der Waals surface area contributed by atoms with E-state index in [1.165, 1.54) is 0 Å². The maximum atomic E-state index is 13.4. The fraction of sp³-hybridized carbons (Fsp3) is 0.375. The van der Waals surface area contributed by atoms with Gasteiger partial charge in [-0.05, 0) is 42.6 Å². The monoisotopic (exact) mass is 452 g/mol. The van der Waals surface area contributed by atoms with Crippen LogP contribution in [-0.4, -0.2) is 53.9 Å². The molecule has 1 amide bonds. The Hall–Kier alpha value is -2.90. The van der Waals surface area contributed by atoms with Crippen LogP contribution < -0.4 is 5.32 Å². The topological polar surface area (TPSA) is 78.7 Å². The quantitative estimate of drug-likeness (QED) is 0.422. The number of allylic oxidation sites excluding steroid dienone is 2. The number of nitro benzene ring substituents is 1. The molecule has 5 rings (SSSR count). The molecule has 1 saturated heterocycles. The molecule has 1 fully saturated rings. The summed E-state index contributed by atoms with van der Waals surface area (Å²) in [6.45, 7) is 3.13. The highest BCUT2D eigenvalue weighted by Crippen LogP contribution is 2.51. The summed E-state index contributed by atoms with van der Waals surface area (Å²) in [6, 6.07) is 10.8. The second kappa shape index (κ2) is 8.22. The Morgan fingerprint density at radius 2 is 1.97 bits per heavy atom. The molecule has 1 N–H and O–H groups in total. The second-order valence-electron chi connectivity index (χ2n) is 8.81. The molecule has 2 heterocycles. The van der Waals surface area contributed by atoms with E-state index in [-0.39, 0.29) is 34.5 Å². The van der Waals surface area contributed by atoms with Gasteiger partial charge in [0, 0.05) is 38.2 Å². The molecule has 0 aromatic heterocycles. The molecule has 3 atom stereocenters. The van der Waals surface area contributed by atoms with Crippen molar-refractivity contribution in [1.29, 1.82) is 0 Å². The van der Waals surface area contributed by atoms with Crippen molar-refractivity contribution in [3.63, 3.8) is 0 Å². The van der Waals surface area contributed by atoms with E-state index in [0.29, 0.717) is 18.7 Å². The summed E-state index contributed by atoms with van der Waals surface area (Å²) < 4.78 is 0. The number of para-hydroxylation sites is 1. The van der Waals surface area contributed by atoms with E-state index in [4.69, 9.17) is 11.6 Å². The number of fused-ring (bicyclic) bond motifs is 3. The molecule has 0 radical (unpaired) electrons. The third-order valence-electron chi connectivity index (χ3n) is 6.94. The predicted octanol–water partition coefficient (Wildman–Crippen LogP) is 4.46. The van der Waals surface area contributed by atoms with Crippen molar-refractivity contribution in [1.82, 2.24) is 9.80 Å². The lowest BCUT2D eigenvalue weighted by Gasteiger charge is -2.39. The van der Waals surface area contributed by atoms with E-state index in [1.807, 2.05) is 23.1 Å². The molecule has 32 heavy (non-hydrogen) atoms. The molecule has 7 nitrogen and oxygen atoms in total. The van der Waals surface area contributed by atoms with Crippen LogP contribution in [0.15, 0.2) is 48.6 Å². The molecule has 2 aromatic rings. The maximum absolute atomic E-state index is 13.4. The van der Waals surface area contributed by atoms with Gasteiger partial charge < -0.3 is 15.1 Å². The van der Waals surface area contributed by atoms with Gasteiger partial charge in [-0.25, -0.2) is 0 Å². The Bertz CT molecular complexity index is 1110. The Labute approximate surface area is 191 Å². The lowest BCUT2D eigenvalue weighted by atomic mass is 9.76. The normalized spacial score (nSPS) is 24.6. The molecule has 166 valence electrons. The summed E-state index contributed by atoms with van der Waals surface area (Å²) in [5, 5.41) is 15.2. The van der Waals surface area contributed by atoms with Crippen LogP contribution in [0.4, 0.5) is 11.4 Å². The average Bonchev–Trinajstić information content (AvgIpc) is 3.29. The van der Waals surface area contributed by atoms with E-state index in [1.54, 1.807) is 12.1 Å². The van der Waals surface area contributed by atoms with Gasteiger partial charge in [-0.2, -0.15) is 0 Å². The van der Waals surface area contributed by atoms with Gasteiger partial charge in [-0.15, -0.1) is 0 Å². The average molecular weight is 453 g/mol. The van der Waals surface area contributed by atoms with Gasteiger partial charge >= 0.3 is 0 Å². The zero-order chi connectivity index (χ0) is 22.4. The first-order valence-corrected chi connectivity index (χ1v) is 11.3. The van der Waals surface area contributed by atoms with Crippen molar-refractivity contribution in [3.8, 4) is 0 Å². The fourth-order valence-electron chi connectivity index (χ4n) is 5.17. The molecule has 3 aliphatic rings. The molecule has 0 bridgehead atoms. The summed E-state index contributed by atoms with van der Waals surface area (Å²) >= 11 is 6.06. The van der Waals surface area contributed by atoms with Crippen molar-refractivity contribution in [2.45, 2.75) is 18.4 Å². The van der Waals surface area contributed by atoms with E-state index < -0.39 is 4.92 Å². The number of likely N-dealkylation sites (N-methyl/N-ethyl adjacent to an activating group) is 1. The minimum Gasteiger partial charge on any atom is -0.377 e. The Morgan fingerprint density at radius 3 is 2.72 bits per heavy atom. The van der Waals surface area contributed by atoms with Crippen molar-refractivity contribution in [3.05, 3.63) is 80.4 Å². The Morgan fingerprint density at radius 1 is 1.19 bits per heavy atom. The van der Waals surface area contributed by atoms with Crippen LogP contribution in [-0.2, 0) is 0 Å². The number of piperazine rings is 1. The molecule has 0 spiro atoms. The zero-order valence-electron chi connectivity index (χ0n) is 17.8. The van der Waals surface area contributed by atoms with Crippen molar-refractivity contribution >= 4 is 28.9 Å². The number of anilines is 1. The zero-order valence-corrected chi connectivity index (χ0v) is 18.6. The Balaban J connectivity index is 1.54. The molecular weight excluding hydrogens is 428 g/mol. The van der Waals surface area contributed by atoms with Gasteiger partial charge in [-0.3, -0.25) is 14.9 Å². The largest absolute Gasteiger partial charge is 0.377 e. The Kier molecular flexibility index (Phi) is 5.39. The third-order valence-corrected chi connectivity index (χ3v) is 7.26. The number of amides is 1. The summed E-state index contributed by atoms with van der Waals surface area (Å²) in [4.78, 5) is 28.6. The van der Waals surface area contributed by atoms with Crippen molar-refractivity contribution in [2.24, 2.45) is 5.92 Å². The van der Waals surface area contributed by atoms with Gasteiger partial charge in [0.05, 0.1) is 22.2 Å². The molecule has 2 aliphatic heterocycles. The van der Waals surface area contributed by atoms with Gasteiger partial charge in [0.1, 0.15) is 5.02 Å². The van der Waals surface area contributed by atoms with Crippen LogP contribution in [0.2, 0.25) is 5.02 Å². The molecule has 8 heteroatoms. The highest BCUT2D eigenvalue weighted by molar-refractivity contribution is 6.32. The van der Waals surface area contributed by atoms with Gasteiger partial charge in [0.2, 0.25) is 0 Å².